The first kappa shape index (κ1) is 22.8. The molecular weight excluding hydrogens is 416 g/mol. The maximum Gasteiger partial charge on any atom is 0.254 e. The number of amides is 1. The quantitative estimate of drug-likeness (QED) is 0.596. The summed E-state index contributed by atoms with van der Waals surface area (Å²) < 4.78 is 5.21. The fraction of sp³-hybridized carbons (Fsp3) is 0.400. The van der Waals surface area contributed by atoms with Crippen molar-refractivity contribution in [2.24, 2.45) is 5.92 Å². The highest BCUT2D eigenvalue weighted by Gasteiger charge is 2.23. The first-order chi connectivity index (χ1) is 16.1. The molecule has 1 aliphatic heterocycles. The van der Waals surface area contributed by atoms with Crippen molar-refractivity contribution in [3.8, 4) is 17.1 Å². The zero-order valence-corrected chi connectivity index (χ0v) is 19.4. The minimum absolute atomic E-state index is 0.125. The molecule has 1 fully saturated rings. The Balaban J connectivity index is 1.32. The van der Waals surface area contributed by atoms with Gasteiger partial charge in [0.15, 0.2) is 5.82 Å². The minimum atomic E-state index is -0.125. The molecule has 0 radical (unpaired) electrons. The number of carbonyl (C=O) groups is 1. The van der Waals surface area contributed by atoms with E-state index in [1.807, 2.05) is 43.6 Å². The van der Waals surface area contributed by atoms with Crippen LogP contribution in [0, 0.1) is 12.8 Å². The molecule has 2 aromatic heterocycles. The van der Waals surface area contributed by atoms with Crippen molar-refractivity contribution >= 4 is 5.91 Å². The Morgan fingerprint density at radius 2 is 1.79 bits per heavy atom. The third-order valence-corrected chi connectivity index (χ3v) is 6.11. The SMILES string of the molecule is CNC(=O)c1cnc(C)nc1CC1CCN(Cc2cnc(-c3ccc(OC)cc3)nc2)CC1. The second-order valence-electron chi connectivity index (χ2n) is 8.42. The van der Waals surface area contributed by atoms with Crippen LogP contribution in [0.15, 0.2) is 42.9 Å². The van der Waals surface area contributed by atoms with E-state index in [1.165, 1.54) is 0 Å². The number of nitrogens with zero attached hydrogens (tertiary/aromatic N) is 5. The lowest BCUT2D eigenvalue weighted by atomic mass is 9.90. The smallest absolute Gasteiger partial charge is 0.254 e. The predicted molar refractivity (Wildman–Crippen MR) is 126 cm³/mol. The number of aromatic nitrogens is 4. The van der Waals surface area contributed by atoms with E-state index in [0.717, 1.165) is 61.5 Å². The van der Waals surface area contributed by atoms with Gasteiger partial charge in [-0.2, -0.15) is 0 Å². The van der Waals surface area contributed by atoms with Crippen LogP contribution in [0.5, 0.6) is 5.75 Å². The van der Waals surface area contributed by atoms with Crippen LogP contribution in [0.2, 0.25) is 0 Å². The molecule has 0 aliphatic carbocycles. The molecule has 1 N–H and O–H groups in total. The third kappa shape index (κ3) is 5.70. The molecule has 8 nitrogen and oxygen atoms in total. The average molecular weight is 447 g/mol. The molecular formula is C25H30N6O2. The lowest BCUT2D eigenvalue weighted by Gasteiger charge is -2.32. The summed E-state index contributed by atoms with van der Waals surface area (Å²) in [6.45, 7) is 4.71. The molecule has 0 saturated carbocycles. The standard InChI is InChI=1S/C25H30N6O2/c1-17-27-15-22(25(32)26-2)23(30-17)12-18-8-10-31(11-9-18)16-19-13-28-24(29-14-19)20-4-6-21(33-3)7-5-20/h4-7,13-15,18H,8-12,16H2,1-3H3,(H,26,32). The average Bonchev–Trinajstić information content (AvgIpc) is 2.85. The van der Waals surface area contributed by atoms with Crippen molar-refractivity contribution in [2.75, 3.05) is 27.2 Å². The summed E-state index contributed by atoms with van der Waals surface area (Å²) in [6, 6.07) is 7.76. The van der Waals surface area contributed by atoms with Crippen LogP contribution in [0.1, 0.15) is 40.3 Å². The van der Waals surface area contributed by atoms with Gasteiger partial charge in [-0.3, -0.25) is 9.69 Å². The lowest BCUT2D eigenvalue weighted by Crippen LogP contribution is -2.34. The Morgan fingerprint density at radius 3 is 2.42 bits per heavy atom. The van der Waals surface area contributed by atoms with Gasteiger partial charge in [0.1, 0.15) is 11.6 Å². The number of nitrogens with one attached hydrogen (secondary N) is 1. The van der Waals surface area contributed by atoms with Crippen LogP contribution in [0.3, 0.4) is 0 Å². The number of benzene rings is 1. The number of likely N-dealkylation sites (tertiary alicyclic amines) is 1. The first-order valence-corrected chi connectivity index (χ1v) is 11.3. The second-order valence-corrected chi connectivity index (χ2v) is 8.42. The van der Waals surface area contributed by atoms with E-state index in [1.54, 1.807) is 20.4 Å². The molecule has 33 heavy (non-hydrogen) atoms. The number of methoxy groups -OCH3 is 1. The van der Waals surface area contributed by atoms with Gasteiger partial charge in [-0.05, 0) is 69.5 Å². The Morgan fingerprint density at radius 1 is 1.09 bits per heavy atom. The normalized spacial score (nSPS) is 14.8. The molecule has 0 bridgehead atoms. The van der Waals surface area contributed by atoms with Crippen LogP contribution < -0.4 is 10.1 Å². The van der Waals surface area contributed by atoms with Gasteiger partial charge < -0.3 is 10.1 Å². The van der Waals surface area contributed by atoms with E-state index < -0.39 is 0 Å². The zero-order valence-electron chi connectivity index (χ0n) is 19.4. The fourth-order valence-electron chi connectivity index (χ4n) is 4.20. The van der Waals surface area contributed by atoms with Gasteiger partial charge in [-0.25, -0.2) is 19.9 Å². The number of rotatable bonds is 7. The van der Waals surface area contributed by atoms with Gasteiger partial charge in [0.2, 0.25) is 0 Å². The monoisotopic (exact) mass is 446 g/mol. The van der Waals surface area contributed by atoms with Crippen LogP contribution in [0.25, 0.3) is 11.4 Å². The van der Waals surface area contributed by atoms with Crippen LogP contribution in [-0.4, -0.2) is 58.0 Å². The Labute approximate surface area is 194 Å². The second kappa shape index (κ2) is 10.5. The summed E-state index contributed by atoms with van der Waals surface area (Å²) in [5.41, 5.74) is 3.51. The number of carbonyl (C=O) groups excluding carboxylic acids is 1. The molecule has 3 aromatic rings. The maximum absolute atomic E-state index is 12.2. The van der Waals surface area contributed by atoms with Crippen molar-refractivity contribution in [3.05, 3.63) is 65.5 Å². The van der Waals surface area contributed by atoms with Gasteiger partial charge in [0, 0.05) is 43.3 Å². The first-order valence-electron chi connectivity index (χ1n) is 11.3. The molecule has 1 aromatic carbocycles. The molecule has 0 atom stereocenters. The Hall–Kier alpha value is -3.39. The molecule has 1 saturated heterocycles. The minimum Gasteiger partial charge on any atom is -0.497 e. The summed E-state index contributed by atoms with van der Waals surface area (Å²) in [5, 5.41) is 2.69. The van der Waals surface area contributed by atoms with Crippen molar-refractivity contribution in [2.45, 2.75) is 32.7 Å². The summed E-state index contributed by atoms with van der Waals surface area (Å²) in [7, 11) is 3.29. The highest BCUT2D eigenvalue weighted by atomic mass is 16.5. The highest BCUT2D eigenvalue weighted by Crippen LogP contribution is 2.24. The van der Waals surface area contributed by atoms with Gasteiger partial charge in [-0.15, -0.1) is 0 Å². The number of hydrogen-bond acceptors (Lipinski definition) is 7. The lowest BCUT2D eigenvalue weighted by molar-refractivity contribution is 0.0960. The van der Waals surface area contributed by atoms with Gasteiger partial charge in [0.25, 0.3) is 5.91 Å². The van der Waals surface area contributed by atoms with Crippen molar-refractivity contribution in [1.29, 1.82) is 0 Å². The number of aryl methyl sites for hydroxylation is 1. The van der Waals surface area contributed by atoms with Crippen LogP contribution >= 0.6 is 0 Å². The largest absolute Gasteiger partial charge is 0.497 e. The third-order valence-electron chi connectivity index (χ3n) is 6.11. The number of piperidine rings is 1. The van der Waals surface area contributed by atoms with E-state index in [2.05, 4.69) is 30.2 Å². The van der Waals surface area contributed by atoms with Gasteiger partial charge >= 0.3 is 0 Å². The highest BCUT2D eigenvalue weighted by molar-refractivity contribution is 5.94. The van der Waals surface area contributed by atoms with Gasteiger partial charge in [-0.1, -0.05) is 0 Å². The molecule has 0 spiro atoms. The summed E-state index contributed by atoms with van der Waals surface area (Å²) in [5.74, 6) is 2.62. The zero-order chi connectivity index (χ0) is 23.2. The van der Waals surface area contributed by atoms with Crippen molar-refractivity contribution in [3.63, 3.8) is 0 Å². The fourth-order valence-corrected chi connectivity index (χ4v) is 4.20. The topological polar surface area (TPSA) is 93.1 Å². The number of ether oxygens (including phenoxy) is 1. The van der Waals surface area contributed by atoms with Crippen molar-refractivity contribution < 1.29 is 9.53 Å². The Kier molecular flexibility index (Phi) is 7.24. The molecule has 172 valence electrons. The van der Waals surface area contributed by atoms with Crippen molar-refractivity contribution in [1.82, 2.24) is 30.2 Å². The van der Waals surface area contributed by atoms with E-state index in [9.17, 15) is 4.79 Å². The summed E-state index contributed by atoms with van der Waals surface area (Å²) >= 11 is 0. The van der Waals surface area contributed by atoms with Crippen LogP contribution in [-0.2, 0) is 13.0 Å². The van der Waals surface area contributed by atoms with E-state index >= 15 is 0 Å². The predicted octanol–water partition coefficient (Wildman–Crippen LogP) is 3.06. The van der Waals surface area contributed by atoms with Gasteiger partial charge in [0.05, 0.1) is 18.4 Å². The molecule has 8 heteroatoms. The number of hydrogen-bond donors (Lipinski definition) is 1. The molecule has 1 aliphatic rings. The molecule has 3 heterocycles. The Bertz CT molecular complexity index is 1080. The molecule has 4 rings (SSSR count). The van der Waals surface area contributed by atoms with E-state index in [4.69, 9.17) is 4.74 Å². The van der Waals surface area contributed by atoms with E-state index in [-0.39, 0.29) is 5.91 Å². The maximum atomic E-state index is 12.2. The van der Waals surface area contributed by atoms with Crippen LogP contribution in [0.4, 0.5) is 0 Å². The molecule has 1 amide bonds. The molecule has 0 unspecified atom stereocenters. The summed E-state index contributed by atoms with van der Waals surface area (Å²) in [6.07, 6.45) is 8.42. The summed E-state index contributed by atoms with van der Waals surface area (Å²) in [4.78, 5) is 32.5. The van der Waals surface area contributed by atoms with E-state index in [0.29, 0.717) is 23.1 Å².